The average Bonchev–Trinajstić information content (AvgIpc) is 2.55. The zero-order valence-corrected chi connectivity index (χ0v) is 14.0. The Morgan fingerprint density at radius 1 is 1.10 bits per heavy atom. The van der Waals surface area contributed by atoms with E-state index in [1.165, 1.54) is 19.3 Å². The molecule has 0 radical (unpaired) electrons. The second-order valence-corrected chi connectivity index (χ2v) is 7.13. The van der Waals surface area contributed by atoms with Crippen LogP contribution in [0.15, 0.2) is 22.8 Å². The highest BCUT2D eigenvalue weighted by Crippen LogP contribution is 2.30. The van der Waals surface area contributed by atoms with Gasteiger partial charge in [-0.3, -0.25) is 4.79 Å². The molecule has 0 N–H and O–H groups in total. The molecule has 0 unspecified atom stereocenters. The van der Waals surface area contributed by atoms with Crippen LogP contribution in [0.1, 0.15) is 56.6 Å². The SMILES string of the molecule is O=C(C1CCCCC1)N1CCC(c2cccc(Br)n2)CC1. The molecule has 21 heavy (non-hydrogen) atoms. The molecule has 3 nitrogen and oxygen atoms in total. The lowest BCUT2D eigenvalue weighted by atomic mass is 9.86. The van der Waals surface area contributed by atoms with E-state index < -0.39 is 0 Å². The molecule has 3 rings (SSSR count). The van der Waals surface area contributed by atoms with Gasteiger partial charge in [0.25, 0.3) is 0 Å². The Labute approximate surface area is 135 Å². The molecule has 0 aromatic carbocycles. The van der Waals surface area contributed by atoms with E-state index in [0.29, 0.717) is 17.7 Å². The first-order valence-electron chi connectivity index (χ1n) is 8.15. The Morgan fingerprint density at radius 2 is 1.81 bits per heavy atom. The number of nitrogens with zero attached hydrogens (tertiary/aromatic N) is 2. The van der Waals surface area contributed by atoms with Gasteiger partial charge in [0, 0.05) is 30.6 Å². The van der Waals surface area contributed by atoms with E-state index in [9.17, 15) is 4.79 Å². The molecule has 0 atom stereocenters. The maximum Gasteiger partial charge on any atom is 0.225 e. The van der Waals surface area contributed by atoms with Gasteiger partial charge in [0.1, 0.15) is 4.60 Å². The van der Waals surface area contributed by atoms with E-state index in [1.54, 1.807) is 0 Å². The van der Waals surface area contributed by atoms with Crippen LogP contribution in [-0.2, 0) is 4.79 Å². The van der Waals surface area contributed by atoms with Crippen molar-refractivity contribution in [3.63, 3.8) is 0 Å². The number of aromatic nitrogens is 1. The summed E-state index contributed by atoms with van der Waals surface area (Å²) in [5.74, 6) is 1.22. The molecule has 0 spiro atoms. The number of halogens is 1. The summed E-state index contributed by atoms with van der Waals surface area (Å²) in [5.41, 5.74) is 1.16. The Kier molecular flexibility index (Phi) is 4.94. The third-order valence-electron chi connectivity index (χ3n) is 4.92. The van der Waals surface area contributed by atoms with Gasteiger partial charge in [-0.15, -0.1) is 0 Å². The molecule has 2 heterocycles. The Balaban J connectivity index is 1.56. The smallest absolute Gasteiger partial charge is 0.225 e. The van der Waals surface area contributed by atoms with Crippen molar-refractivity contribution in [3.8, 4) is 0 Å². The molecular weight excluding hydrogens is 328 g/mol. The fraction of sp³-hybridized carbons (Fsp3) is 0.647. The largest absolute Gasteiger partial charge is 0.342 e. The summed E-state index contributed by atoms with van der Waals surface area (Å²) < 4.78 is 0.903. The second-order valence-electron chi connectivity index (χ2n) is 6.32. The lowest BCUT2D eigenvalue weighted by Crippen LogP contribution is -2.42. The highest BCUT2D eigenvalue weighted by atomic mass is 79.9. The molecule has 1 aliphatic heterocycles. The van der Waals surface area contributed by atoms with Crippen LogP contribution < -0.4 is 0 Å². The van der Waals surface area contributed by atoms with Gasteiger partial charge in [0.2, 0.25) is 5.91 Å². The number of hydrogen-bond acceptors (Lipinski definition) is 2. The van der Waals surface area contributed by atoms with Crippen molar-refractivity contribution < 1.29 is 4.79 Å². The molecule has 114 valence electrons. The molecule has 2 fully saturated rings. The predicted molar refractivity (Wildman–Crippen MR) is 87.1 cm³/mol. The summed E-state index contributed by atoms with van der Waals surface area (Å²) in [6.07, 6.45) is 8.06. The van der Waals surface area contributed by atoms with Gasteiger partial charge in [0.05, 0.1) is 0 Å². The van der Waals surface area contributed by atoms with Crippen LogP contribution in [0.3, 0.4) is 0 Å². The van der Waals surface area contributed by atoms with E-state index >= 15 is 0 Å². The van der Waals surface area contributed by atoms with Crippen molar-refractivity contribution in [3.05, 3.63) is 28.5 Å². The minimum absolute atomic E-state index is 0.305. The van der Waals surface area contributed by atoms with Crippen LogP contribution in [0.2, 0.25) is 0 Å². The molecule has 1 amide bonds. The van der Waals surface area contributed by atoms with E-state index in [4.69, 9.17) is 0 Å². The van der Waals surface area contributed by atoms with Gasteiger partial charge >= 0.3 is 0 Å². The standard InChI is InChI=1S/C17H23BrN2O/c18-16-8-4-7-15(19-16)13-9-11-20(12-10-13)17(21)14-5-2-1-3-6-14/h4,7-8,13-14H,1-3,5-6,9-12H2. The van der Waals surface area contributed by atoms with Crippen molar-refractivity contribution in [1.82, 2.24) is 9.88 Å². The third-order valence-corrected chi connectivity index (χ3v) is 5.36. The third kappa shape index (κ3) is 3.65. The maximum absolute atomic E-state index is 12.6. The van der Waals surface area contributed by atoms with Crippen LogP contribution >= 0.6 is 15.9 Å². The zero-order chi connectivity index (χ0) is 14.7. The summed E-state index contributed by atoms with van der Waals surface area (Å²) in [6.45, 7) is 1.79. The molecule has 1 saturated carbocycles. The van der Waals surface area contributed by atoms with Gasteiger partial charge in [0.15, 0.2) is 0 Å². The molecule has 4 heteroatoms. The number of amides is 1. The summed E-state index contributed by atoms with van der Waals surface area (Å²) in [5, 5.41) is 0. The molecule has 1 aromatic rings. The van der Waals surface area contributed by atoms with Crippen molar-refractivity contribution >= 4 is 21.8 Å². The quantitative estimate of drug-likeness (QED) is 0.751. The number of piperidine rings is 1. The number of pyridine rings is 1. The monoisotopic (exact) mass is 350 g/mol. The molecule has 2 aliphatic rings. The summed E-state index contributed by atoms with van der Waals surface area (Å²) in [6, 6.07) is 6.12. The minimum Gasteiger partial charge on any atom is -0.342 e. The fourth-order valence-corrected chi connectivity index (χ4v) is 4.01. The van der Waals surface area contributed by atoms with Gasteiger partial charge in [-0.05, 0) is 53.7 Å². The van der Waals surface area contributed by atoms with Crippen LogP contribution in [-0.4, -0.2) is 28.9 Å². The number of rotatable bonds is 2. The Hall–Kier alpha value is -0.900. The first kappa shape index (κ1) is 15.0. The van der Waals surface area contributed by atoms with Gasteiger partial charge in [-0.25, -0.2) is 4.98 Å². The van der Waals surface area contributed by atoms with E-state index in [2.05, 4.69) is 31.9 Å². The highest BCUT2D eigenvalue weighted by molar-refractivity contribution is 9.10. The van der Waals surface area contributed by atoms with Crippen LogP contribution in [0.25, 0.3) is 0 Å². The van der Waals surface area contributed by atoms with Crippen LogP contribution in [0.5, 0.6) is 0 Å². The van der Waals surface area contributed by atoms with Crippen molar-refractivity contribution in [2.45, 2.75) is 50.9 Å². The van der Waals surface area contributed by atoms with E-state index in [0.717, 1.165) is 49.1 Å². The lowest BCUT2D eigenvalue weighted by molar-refractivity contribution is -0.137. The number of carbonyl (C=O) groups is 1. The van der Waals surface area contributed by atoms with Gasteiger partial charge in [-0.2, -0.15) is 0 Å². The second kappa shape index (κ2) is 6.91. The molecule has 1 aromatic heterocycles. The highest BCUT2D eigenvalue weighted by Gasteiger charge is 2.29. The zero-order valence-electron chi connectivity index (χ0n) is 12.4. The molecular formula is C17H23BrN2O. The predicted octanol–water partition coefficient (Wildman–Crippen LogP) is 4.13. The lowest BCUT2D eigenvalue weighted by Gasteiger charge is -2.35. The number of likely N-dealkylation sites (tertiary alicyclic amines) is 1. The van der Waals surface area contributed by atoms with Crippen molar-refractivity contribution in [2.75, 3.05) is 13.1 Å². The minimum atomic E-state index is 0.305. The summed E-state index contributed by atoms with van der Waals surface area (Å²) in [4.78, 5) is 19.2. The average molecular weight is 351 g/mol. The van der Waals surface area contributed by atoms with Gasteiger partial charge < -0.3 is 4.90 Å². The summed E-state index contributed by atoms with van der Waals surface area (Å²) >= 11 is 3.44. The fourth-order valence-electron chi connectivity index (χ4n) is 3.65. The van der Waals surface area contributed by atoms with Crippen molar-refractivity contribution in [1.29, 1.82) is 0 Å². The molecule has 0 bridgehead atoms. The summed E-state index contributed by atoms with van der Waals surface area (Å²) in [7, 11) is 0. The Morgan fingerprint density at radius 3 is 2.48 bits per heavy atom. The number of carbonyl (C=O) groups excluding carboxylic acids is 1. The maximum atomic E-state index is 12.6. The molecule has 1 aliphatic carbocycles. The van der Waals surface area contributed by atoms with Gasteiger partial charge in [-0.1, -0.05) is 25.3 Å². The van der Waals surface area contributed by atoms with Crippen LogP contribution in [0, 0.1) is 5.92 Å². The van der Waals surface area contributed by atoms with E-state index in [-0.39, 0.29) is 0 Å². The van der Waals surface area contributed by atoms with Crippen molar-refractivity contribution in [2.24, 2.45) is 5.92 Å². The normalized spacial score (nSPS) is 21.5. The topological polar surface area (TPSA) is 33.2 Å². The first-order valence-corrected chi connectivity index (χ1v) is 8.94. The number of hydrogen-bond donors (Lipinski definition) is 0. The first-order chi connectivity index (χ1) is 10.2. The van der Waals surface area contributed by atoms with Crippen LogP contribution in [0.4, 0.5) is 0 Å². The van der Waals surface area contributed by atoms with E-state index in [1.807, 2.05) is 12.1 Å². The Bertz CT molecular complexity index is 491. The molecule has 1 saturated heterocycles.